The Morgan fingerprint density at radius 1 is 1.23 bits per heavy atom. The summed E-state index contributed by atoms with van der Waals surface area (Å²) in [5, 5.41) is 3.03. The van der Waals surface area contributed by atoms with Crippen LogP contribution < -0.4 is 26.1 Å². The third kappa shape index (κ3) is 3.71. The zero-order chi connectivity index (χ0) is 21.3. The average molecular weight is 430 g/mol. The Morgan fingerprint density at radius 2 is 1.97 bits per heavy atom. The van der Waals surface area contributed by atoms with E-state index < -0.39 is 5.56 Å². The van der Waals surface area contributed by atoms with E-state index in [1.54, 1.807) is 24.3 Å². The number of anilines is 1. The quantitative estimate of drug-likeness (QED) is 0.635. The molecule has 0 saturated carbocycles. The molecule has 1 saturated heterocycles. The summed E-state index contributed by atoms with van der Waals surface area (Å²) < 4.78 is 17.4. The van der Waals surface area contributed by atoms with Crippen molar-refractivity contribution in [2.75, 3.05) is 33.2 Å². The molecular weight excluding hydrogens is 408 g/mol. The largest absolute Gasteiger partial charge is 0.493 e. The first kappa shape index (κ1) is 20.2. The van der Waals surface area contributed by atoms with Crippen molar-refractivity contribution in [3.05, 3.63) is 39.5 Å². The van der Waals surface area contributed by atoms with Crippen molar-refractivity contribution in [1.82, 2.24) is 14.9 Å². The number of carbonyl (C=O) groups is 1. The van der Waals surface area contributed by atoms with E-state index in [2.05, 4.69) is 10.3 Å². The van der Waals surface area contributed by atoms with Crippen LogP contribution in [0.2, 0.25) is 0 Å². The van der Waals surface area contributed by atoms with Gasteiger partial charge in [0.1, 0.15) is 4.83 Å². The van der Waals surface area contributed by atoms with E-state index >= 15 is 0 Å². The van der Waals surface area contributed by atoms with Crippen LogP contribution in [0.25, 0.3) is 16.0 Å². The lowest BCUT2D eigenvalue weighted by molar-refractivity contribution is 0.0698. The topological polar surface area (TPSA) is 118 Å². The Hall–Kier alpha value is -3.11. The number of nitrogen functional groups attached to an aromatic ring is 1. The number of fused-ring (bicyclic) bond motifs is 1. The van der Waals surface area contributed by atoms with E-state index in [1.165, 1.54) is 30.1 Å². The maximum absolute atomic E-state index is 12.8. The van der Waals surface area contributed by atoms with Crippen LogP contribution in [0.3, 0.4) is 0 Å². The highest BCUT2D eigenvalue weighted by Gasteiger charge is 2.21. The van der Waals surface area contributed by atoms with Crippen LogP contribution in [-0.2, 0) is 4.74 Å². The summed E-state index contributed by atoms with van der Waals surface area (Å²) in [6, 6.07) is 6.84. The molecule has 1 fully saturated rings. The van der Waals surface area contributed by atoms with Gasteiger partial charge in [0.2, 0.25) is 0 Å². The second-order valence-corrected chi connectivity index (χ2v) is 7.87. The maximum Gasteiger partial charge on any atom is 0.298 e. The third-order valence-corrected chi connectivity index (χ3v) is 6.00. The van der Waals surface area contributed by atoms with Gasteiger partial charge in [-0.1, -0.05) is 0 Å². The SMILES string of the molecule is COc1ccc(-n2c(=O)c(N)nc3sc(C(=O)NC4CCOCC4)cc32)cc1OC. The van der Waals surface area contributed by atoms with Crippen molar-refractivity contribution < 1.29 is 19.0 Å². The minimum atomic E-state index is -0.469. The summed E-state index contributed by atoms with van der Waals surface area (Å²) in [5.74, 6) is 0.665. The number of amides is 1. The minimum Gasteiger partial charge on any atom is -0.493 e. The number of nitrogens with zero attached hydrogens (tertiary/aromatic N) is 2. The van der Waals surface area contributed by atoms with Crippen LogP contribution in [0.15, 0.2) is 29.1 Å². The van der Waals surface area contributed by atoms with Gasteiger partial charge in [0.25, 0.3) is 11.5 Å². The Balaban J connectivity index is 1.77. The lowest BCUT2D eigenvalue weighted by Gasteiger charge is -2.22. The fraction of sp³-hybridized carbons (Fsp3) is 0.350. The number of ether oxygens (including phenoxy) is 3. The molecule has 0 atom stereocenters. The second kappa shape index (κ2) is 8.33. The van der Waals surface area contributed by atoms with Crippen molar-refractivity contribution >= 4 is 33.4 Å². The van der Waals surface area contributed by atoms with Crippen LogP contribution in [-0.4, -0.2) is 48.9 Å². The van der Waals surface area contributed by atoms with E-state index in [9.17, 15) is 9.59 Å². The summed E-state index contributed by atoms with van der Waals surface area (Å²) in [4.78, 5) is 30.7. The number of thiophene rings is 1. The zero-order valence-corrected chi connectivity index (χ0v) is 17.5. The summed E-state index contributed by atoms with van der Waals surface area (Å²) in [7, 11) is 3.05. The second-order valence-electron chi connectivity index (χ2n) is 6.84. The smallest absolute Gasteiger partial charge is 0.298 e. The highest BCUT2D eigenvalue weighted by molar-refractivity contribution is 7.20. The number of hydrogen-bond donors (Lipinski definition) is 2. The summed E-state index contributed by atoms with van der Waals surface area (Å²) >= 11 is 1.19. The molecule has 0 bridgehead atoms. The molecule has 2 aromatic heterocycles. The molecule has 1 amide bonds. The number of nitrogens with one attached hydrogen (secondary N) is 1. The van der Waals surface area contributed by atoms with E-state index in [4.69, 9.17) is 19.9 Å². The number of rotatable bonds is 5. The molecule has 1 aliphatic heterocycles. The summed E-state index contributed by atoms with van der Waals surface area (Å²) in [6.45, 7) is 1.27. The Morgan fingerprint density at radius 3 is 2.67 bits per heavy atom. The van der Waals surface area contributed by atoms with Crippen molar-refractivity contribution in [3.63, 3.8) is 0 Å². The maximum atomic E-state index is 12.8. The summed E-state index contributed by atoms with van der Waals surface area (Å²) in [5.41, 5.74) is 6.45. The molecule has 1 aromatic carbocycles. The van der Waals surface area contributed by atoms with E-state index in [0.29, 0.717) is 45.6 Å². The van der Waals surface area contributed by atoms with E-state index in [0.717, 1.165) is 12.8 Å². The normalized spacial score (nSPS) is 14.6. The van der Waals surface area contributed by atoms with Gasteiger partial charge in [-0.05, 0) is 31.0 Å². The van der Waals surface area contributed by atoms with Crippen molar-refractivity contribution in [2.24, 2.45) is 0 Å². The van der Waals surface area contributed by atoms with E-state index in [1.807, 2.05) is 0 Å². The lowest BCUT2D eigenvalue weighted by Crippen LogP contribution is -2.38. The molecule has 3 N–H and O–H groups in total. The van der Waals surface area contributed by atoms with Crippen LogP contribution in [0.4, 0.5) is 5.82 Å². The van der Waals surface area contributed by atoms with Gasteiger partial charge in [0.15, 0.2) is 17.3 Å². The number of aromatic nitrogens is 2. The number of methoxy groups -OCH3 is 2. The standard InChI is InChI=1S/C20H22N4O5S/c1-27-14-4-3-12(9-15(14)28-2)24-13-10-16(30-19(13)23-17(21)20(24)26)18(25)22-11-5-7-29-8-6-11/h3-4,9-11H,5-8H2,1-2H3,(H2,21,23)(H,22,25). The van der Waals surface area contributed by atoms with Crippen molar-refractivity contribution in [3.8, 4) is 17.2 Å². The third-order valence-electron chi connectivity index (χ3n) is 4.98. The molecule has 4 rings (SSSR count). The number of hydrogen-bond acceptors (Lipinski definition) is 8. The predicted molar refractivity (Wildman–Crippen MR) is 114 cm³/mol. The fourth-order valence-electron chi connectivity index (χ4n) is 3.42. The van der Waals surface area contributed by atoms with Crippen LogP contribution in [0, 0.1) is 0 Å². The van der Waals surface area contributed by atoms with Crippen LogP contribution >= 0.6 is 11.3 Å². The monoisotopic (exact) mass is 430 g/mol. The Labute approximate surface area is 176 Å². The predicted octanol–water partition coefficient (Wildman–Crippen LogP) is 1.96. The van der Waals surface area contributed by atoms with Gasteiger partial charge in [-0.2, -0.15) is 0 Å². The number of carbonyl (C=O) groups excluding carboxylic acids is 1. The number of benzene rings is 1. The van der Waals surface area contributed by atoms with Gasteiger partial charge in [-0.15, -0.1) is 11.3 Å². The molecular formula is C20H22N4O5S. The molecule has 1 aliphatic rings. The molecule has 0 unspecified atom stereocenters. The van der Waals surface area contributed by atoms with Gasteiger partial charge in [-0.25, -0.2) is 4.98 Å². The minimum absolute atomic E-state index is 0.0718. The van der Waals surface area contributed by atoms with Gasteiger partial charge < -0.3 is 25.3 Å². The lowest BCUT2D eigenvalue weighted by atomic mass is 10.1. The van der Waals surface area contributed by atoms with Crippen molar-refractivity contribution in [1.29, 1.82) is 0 Å². The molecule has 3 heterocycles. The molecule has 30 heavy (non-hydrogen) atoms. The van der Waals surface area contributed by atoms with Gasteiger partial charge in [0.05, 0.1) is 30.3 Å². The van der Waals surface area contributed by atoms with Crippen LogP contribution in [0.1, 0.15) is 22.5 Å². The van der Waals surface area contributed by atoms with E-state index in [-0.39, 0.29) is 17.8 Å². The molecule has 0 aliphatic carbocycles. The number of nitrogens with two attached hydrogens (primary N) is 1. The molecule has 0 radical (unpaired) electrons. The average Bonchev–Trinajstić information content (AvgIpc) is 3.18. The first-order chi connectivity index (χ1) is 14.5. The molecule has 0 spiro atoms. The first-order valence-corrected chi connectivity index (χ1v) is 10.3. The highest BCUT2D eigenvalue weighted by Crippen LogP contribution is 2.31. The van der Waals surface area contributed by atoms with Gasteiger partial charge in [0, 0.05) is 25.3 Å². The van der Waals surface area contributed by atoms with Crippen molar-refractivity contribution in [2.45, 2.75) is 18.9 Å². The van der Waals surface area contributed by atoms with Crippen LogP contribution in [0.5, 0.6) is 11.5 Å². The highest BCUT2D eigenvalue weighted by atomic mass is 32.1. The summed E-state index contributed by atoms with van der Waals surface area (Å²) in [6.07, 6.45) is 1.55. The Kier molecular flexibility index (Phi) is 5.60. The molecule has 10 heteroatoms. The fourth-order valence-corrected chi connectivity index (χ4v) is 4.35. The molecule has 9 nitrogen and oxygen atoms in total. The van der Waals surface area contributed by atoms with Gasteiger partial charge in [-0.3, -0.25) is 14.2 Å². The van der Waals surface area contributed by atoms with Gasteiger partial charge >= 0.3 is 0 Å². The zero-order valence-electron chi connectivity index (χ0n) is 16.6. The Bertz CT molecular complexity index is 1150. The molecule has 3 aromatic rings. The molecule has 158 valence electrons. The first-order valence-electron chi connectivity index (χ1n) is 9.45.